The van der Waals surface area contributed by atoms with E-state index in [1.165, 1.54) is 16.2 Å². The molecule has 9 nitrogen and oxygen atoms in total. The zero-order chi connectivity index (χ0) is 28.8. The molecule has 41 heavy (non-hydrogen) atoms. The van der Waals surface area contributed by atoms with Gasteiger partial charge in [0.1, 0.15) is 12.3 Å². The van der Waals surface area contributed by atoms with Crippen molar-refractivity contribution in [3.63, 3.8) is 0 Å². The van der Waals surface area contributed by atoms with Crippen LogP contribution in [0.2, 0.25) is 0 Å². The number of anilines is 1. The molecule has 1 saturated heterocycles. The van der Waals surface area contributed by atoms with Gasteiger partial charge in [-0.3, -0.25) is 14.4 Å². The Balaban J connectivity index is 1.31. The Hall–Kier alpha value is -3.88. The van der Waals surface area contributed by atoms with Crippen molar-refractivity contribution in [2.24, 2.45) is 11.8 Å². The number of hydrogen-bond acceptors (Lipinski definition) is 5. The summed E-state index contributed by atoms with van der Waals surface area (Å²) in [6.07, 6.45) is 7.32. The van der Waals surface area contributed by atoms with E-state index in [2.05, 4.69) is 10.6 Å². The van der Waals surface area contributed by atoms with Gasteiger partial charge in [0.15, 0.2) is 0 Å². The first-order valence-corrected chi connectivity index (χ1v) is 14.8. The number of amides is 5. The minimum Gasteiger partial charge on any atom is -0.497 e. The number of rotatable bonds is 9. The standard InChI is InChI=1S/C32H40N4O5/c1-41-26-15-13-25(14-16-26)36-31(39)27-17-12-23(30(38)33-19-18-22-8-4-2-5-9-22)20-28(27)35(32(36)40)21-29(37)34-24-10-6-3-7-11-24/h2,4-5,8-9,13-16,23-24,27-28H,3,6-7,10-12,17-21H2,1H3,(H,33,38)(H,34,37). The number of fused-ring (bicyclic) bond motifs is 1. The summed E-state index contributed by atoms with van der Waals surface area (Å²) < 4.78 is 5.24. The summed E-state index contributed by atoms with van der Waals surface area (Å²) in [5, 5.41) is 6.15. The van der Waals surface area contributed by atoms with E-state index in [1.807, 2.05) is 30.3 Å². The van der Waals surface area contributed by atoms with Crippen LogP contribution < -0.4 is 20.3 Å². The first-order chi connectivity index (χ1) is 19.9. The highest BCUT2D eigenvalue weighted by Crippen LogP contribution is 2.39. The molecule has 0 spiro atoms. The van der Waals surface area contributed by atoms with Gasteiger partial charge in [0.2, 0.25) is 17.7 Å². The van der Waals surface area contributed by atoms with Crippen LogP contribution in [0.5, 0.6) is 5.75 Å². The first kappa shape index (κ1) is 28.6. The minimum atomic E-state index is -0.523. The maximum atomic E-state index is 13.9. The molecule has 0 aromatic heterocycles. The second-order valence-corrected chi connectivity index (χ2v) is 11.4. The molecule has 3 aliphatic rings. The van der Waals surface area contributed by atoms with E-state index < -0.39 is 18.0 Å². The number of ether oxygens (including phenoxy) is 1. The van der Waals surface area contributed by atoms with Gasteiger partial charge < -0.3 is 20.3 Å². The summed E-state index contributed by atoms with van der Waals surface area (Å²) >= 11 is 0. The summed E-state index contributed by atoms with van der Waals surface area (Å²) in [4.78, 5) is 56.7. The summed E-state index contributed by atoms with van der Waals surface area (Å²) in [7, 11) is 1.56. The molecule has 9 heteroatoms. The molecular weight excluding hydrogens is 520 g/mol. The molecule has 2 aromatic carbocycles. The summed E-state index contributed by atoms with van der Waals surface area (Å²) in [6.45, 7) is 0.378. The Morgan fingerprint density at radius 3 is 2.37 bits per heavy atom. The quantitative estimate of drug-likeness (QED) is 0.481. The van der Waals surface area contributed by atoms with Crippen LogP contribution in [0, 0.1) is 11.8 Å². The Bertz CT molecular complexity index is 1230. The van der Waals surface area contributed by atoms with Gasteiger partial charge in [0.25, 0.3) is 0 Å². The van der Waals surface area contributed by atoms with Crippen LogP contribution in [0.1, 0.15) is 56.9 Å². The predicted molar refractivity (Wildman–Crippen MR) is 155 cm³/mol. The zero-order valence-electron chi connectivity index (χ0n) is 23.7. The Morgan fingerprint density at radius 1 is 0.927 bits per heavy atom. The molecule has 0 radical (unpaired) electrons. The number of hydrogen-bond donors (Lipinski definition) is 2. The molecule has 3 unspecified atom stereocenters. The Kier molecular flexibility index (Phi) is 9.21. The second kappa shape index (κ2) is 13.2. The van der Waals surface area contributed by atoms with E-state index in [0.29, 0.717) is 37.2 Å². The van der Waals surface area contributed by atoms with Gasteiger partial charge >= 0.3 is 6.03 Å². The predicted octanol–water partition coefficient (Wildman–Crippen LogP) is 4.06. The Morgan fingerprint density at radius 2 is 1.66 bits per heavy atom. The highest BCUT2D eigenvalue weighted by atomic mass is 16.5. The number of carbonyl (C=O) groups excluding carboxylic acids is 4. The fraction of sp³-hybridized carbons (Fsp3) is 0.500. The van der Waals surface area contributed by atoms with Crippen LogP contribution in [-0.4, -0.2) is 60.9 Å². The van der Waals surface area contributed by atoms with Crippen molar-refractivity contribution in [3.05, 3.63) is 60.2 Å². The van der Waals surface area contributed by atoms with Crippen LogP contribution in [-0.2, 0) is 20.8 Å². The van der Waals surface area contributed by atoms with E-state index in [4.69, 9.17) is 4.74 Å². The van der Waals surface area contributed by atoms with Gasteiger partial charge in [-0.1, -0.05) is 49.6 Å². The van der Waals surface area contributed by atoms with E-state index in [9.17, 15) is 19.2 Å². The van der Waals surface area contributed by atoms with Crippen LogP contribution in [0.15, 0.2) is 54.6 Å². The van der Waals surface area contributed by atoms with Crippen molar-refractivity contribution in [3.8, 4) is 5.75 Å². The molecule has 2 aliphatic carbocycles. The van der Waals surface area contributed by atoms with Crippen molar-refractivity contribution in [2.45, 2.75) is 69.9 Å². The van der Waals surface area contributed by atoms with E-state index in [0.717, 1.165) is 37.7 Å². The molecule has 1 aliphatic heterocycles. The van der Waals surface area contributed by atoms with Crippen molar-refractivity contribution in [1.29, 1.82) is 0 Å². The van der Waals surface area contributed by atoms with Crippen LogP contribution in [0.25, 0.3) is 0 Å². The molecule has 1 heterocycles. The van der Waals surface area contributed by atoms with Crippen molar-refractivity contribution in [2.75, 3.05) is 25.1 Å². The molecule has 2 saturated carbocycles. The second-order valence-electron chi connectivity index (χ2n) is 11.4. The first-order valence-electron chi connectivity index (χ1n) is 14.8. The third-order valence-corrected chi connectivity index (χ3v) is 8.73. The topological polar surface area (TPSA) is 108 Å². The largest absolute Gasteiger partial charge is 0.497 e. The number of urea groups is 1. The number of benzene rings is 2. The normalized spacial score (nSPS) is 23.1. The molecule has 5 rings (SSSR count). The smallest absolute Gasteiger partial charge is 0.332 e. The maximum Gasteiger partial charge on any atom is 0.332 e. The molecule has 5 amide bonds. The van der Waals surface area contributed by atoms with Gasteiger partial charge in [-0.15, -0.1) is 0 Å². The molecule has 2 N–H and O–H groups in total. The Labute approximate surface area is 241 Å². The molecular formula is C32H40N4O5. The monoisotopic (exact) mass is 560 g/mol. The number of methoxy groups -OCH3 is 1. The van der Waals surface area contributed by atoms with E-state index in [1.54, 1.807) is 31.4 Å². The van der Waals surface area contributed by atoms with E-state index in [-0.39, 0.29) is 36.2 Å². The highest BCUT2D eigenvalue weighted by Gasteiger charge is 2.50. The summed E-state index contributed by atoms with van der Waals surface area (Å²) in [6, 6.07) is 15.8. The number of imide groups is 1. The molecule has 3 atom stereocenters. The fourth-order valence-electron chi connectivity index (χ4n) is 6.50. The lowest BCUT2D eigenvalue weighted by Crippen LogP contribution is -2.65. The maximum absolute atomic E-state index is 13.9. The van der Waals surface area contributed by atoms with E-state index >= 15 is 0 Å². The lowest BCUT2D eigenvalue weighted by atomic mass is 9.75. The lowest BCUT2D eigenvalue weighted by molar-refractivity contribution is -0.134. The third-order valence-electron chi connectivity index (χ3n) is 8.73. The zero-order valence-corrected chi connectivity index (χ0v) is 23.7. The summed E-state index contributed by atoms with van der Waals surface area (Å²) in [5.74, 6) is -0.760. The van der Waals surface area contributed by atoms with Crippen molar-refractivity contribution >= 4 is 29.4 Å². The van der Waals surface area contributed by atoms with Crippen LogP contribution in [0.4, 0.5) is 10.5 Å². The summed E-state index contributed by atoms with van der Waals surface area (Å²) in [5.41, 5.74) is 1.59. The van der Waals surface area contributed by atoms with Gasteiger partial charge in [0.05, 0.1) is 18.7 Å². The number of nitrogens with one attached hydrogen (secondary N) is 2. The fourth-order valence-corrected chi connectivity index (χ4v) is 6.50. The van der Waals surface area contributed by atoms with Gasteiger partial charge in [-0.05, 0) is 68.4 Å². The van der Waals surface area contributed by atoms with Gasteiger partial charge in [-0.25, -0.2) is 9.69 Å². The molecule has 2 aromatic rings. The minimum absolute atomic E-state index is 0.0662. The highest BCUT2D eigenvalue weighted by molar-refractivity contribution is 6.17. The average molecular weight is 561 g/mol. The lowest BCUT2D eigenvalue weighted by Gasteiger charge is -2.48. The van der Waals surface area contributed by atoms with Crippen molar-refractivity contribution in [1.82, 2.24) is 15.5 Å². The SMILES string of the molecule is COc1ccc(N2C(=O)C3CCC(C(=O)NCCc4ccccc4)CC3N(CC(=O)NC3CCCCC3)C2=O)cc1. The third kappa shape index (κ3) is 6.72. The van der Waals surface area contributed by atoms with Gasteiger partial charge in [-0.2, -0.15) is 0 Å². The molecule has 3 fully saturated rings. The number of carbonyl (C=O) groups is 4. The van der Waals surface area contributed by atoms with Gasteiger partial charge in [0, 0.05) is 24.5 Å². The average Bonchev–Trinajstić information content (AvgIpc) is 3.00. The molecule has 0 bridgehead atoms. The van der Waals surface area contributed by atoms with Crippen LogP contribution in [0.3, 0.4) is 0 Å². The van der Waals surface area contributed by atoms with Crippen LogP contribution >= 0.6 is 0 Å². The molecule has 218 valence electrons. The van der Waals surface area contributed by atoms with Crippen molar-refractivity contribution < 1.29 is 23.9 Å². The number of nitrogens with zero attached hydrogens (tertiary/aromatic N) is 2.